The molecular formula is C10H7ClFN3O2. The smallest absolute Gasteiger partial charge is 0.356 e. The van der Waals surface area contributed by atoms with Crippen molar-refractivity contribution < 1.29 is 14.3 Å². The van der Waals surface area contributed by atoms with Gasteiger partial charge in [-0.15, -0.1) is 0 Å². The molecule has 17 heavy (non-hydrogen) atoms. The van der Waals surface area contributed by atoms with Crippen molar-refractivity contribution >= 4 is 23.4 Å². The van der Waals surface area contributed by atoms with Crippen LogP contribution in [-0.4, -0.2) is 20.9 Å². The maximum atomic E-state index is 13.0. The summed E-state index contributed by atoms with van der Waals surface area (Å²) in [7, 11) is 0. The first kappa shape index (κ1) is 11.4. The average Bonchev–Trinajstić information content (AvgIpc) is 2.65. The Morgan fingerprint density at radius 2 is 2.18 bits per heavy atom. The number of hydrogen-bond acceptors (Lipinski definition) is 3. The normalized spacial score (nSPS) is 10.5. The second-order valence-electron chi connectivity index (χ2n) is 3.27. The minimum absolute atomic E-state index is 0.0886. The molecule has 1 heterocycles. The third kappa shape index (κ3) is 2.07. The molecule has 3 N–H and O–H groups in total. The monoisotopic (exact) mass is 255 g/mol. The van der Waals surface area contributed by atoms with Gasteiger partial charge in [-0.1, -0.05) is 11.6 Å². The Bertz CT molecular complexity index is 597. The fraction of sp³-hybridized carbons (Fsp3) is 0. The maximum absolute atomic E-state index is 13.0. The van der Waals surface area contributed by atoms with Gasteiger partial charge in [0.25, 0.3) is 0 Å². The predicted octanol–water partition coefficient (Wildman–Crippen LogP) is 1.95. The number of rotatable bonds is 2. The van der Waals surface area contributed by atoms with Crippen molar-refractivity contribution in [3.8, 4) is 5.69 Å². The molecule has 0 aliphatic carbocycles. The van der Waals surface area contributed by atoms with E-state index in [9.17, 15) is 9.18 Å². The van der Waals surface area contributed by atoms with Gasteiger partial charge in [-0.2, -0.15) is 5.10 Å². The third-order valence-electron chi connectivity index (χ3n) is 2.10. The van der Waals surface area contributed by atoms with Crippen molar-refractivity contribution in [2.24, 2.45) is 0 Å². The Morgan fingerprint density at radius 1 is 1.47 bits per heavy atom. The SMILES string of the molecule is Nc1cc(C(=O)O)nn1-c1ccc(F)c(Cl)c1. The molecule has 0 saturated carbocycles. The van der Waals surface area contributed by atoms with Gasteiger partial charge in [-0.25, -0.2) is 13.9 Å². The summed E-state index contributed by atoms with van der Waals surface area (Å²) in [6, 6.07) is 5.07. The first-order valence-electron chi connectivity index (χ1n) is 4.53. The van der Waals surface area contributed by atoms with Crippen LogP contribution in [-0.2, 0) is 0 Å². The van der Waals surface area contributed by atoms with E-state index in [0.29, 0.717) is 5.69 Å². The highest BCUT2D eigenvalue weighted by molar-refractivity contribution is 6.30. The average molecular weight is 256 g/mol. The zero-order valence-electron chi connectivity index (χ0n) is 8.39. The van der Waals surface area contributed by atoms with E-state index in [2.05, 4.69) is 5.10 Å². The predicted molar refractivity (Wildman–Crippen MR) is 59.9 cm³/mol. The van der Waals surface area contributed by atoms with Gasteiger partial charge in [0.1, 0.15) is 11.6 Å². The number of nitrogen functional groups attached to an aromatic ring is 1. The molecular weight excluding hydrogens is 249 g/mol. The van der Waals surface area contributed by atoms with Crippen molar-refractivity contribution in [3.05, 3.63) is 40.8 Å². The van der Waals surface area contributed by atoms with E-state index in [1.165, 1.54) is 22.9 Å². The molecule has 0 aliphatic heterocycles. The Kier molecular flexibility index (Phi) is 2.72. The Morgan fingerprint density at radius 3 is 2.71 bits per heavy atom. The fourth-order valence-electron chi connectivity index (χ4n) is 1.32. The van der Waals surface area contributed by atoms with E-state index in [1.807, 2.05) is 0 Å². The van der Waals surface area contributed by atoms with E-state index < -0.39 is 11.8 Å². The van der Waals surface area contributed by atoms with Crippen molar-refractivity contribution in [3.63, 3.8) is 0 Å². The topological polar surface area (TPSA) is 81.1 Å². The number of anilines is 1. The Hall–Kier alpha value is -2.08. The van der Waals surface area contributed by atoms with Gasteiger partial charge < -0.3 is 10.8 Å². The molecule has 0 amide bonds. The number of benzene rings is 1. The molecule has 0 unspecified atom stereocenters. The summed E-state index contributed by atoms with van der Waals surface area (Å²) in [6.45, 7) is 0. The van der Waals surface area contributed by atoms with Gasteiger partial charge in [-0.3, -0.25) is 0 Å². The van der Waals surface area contributed by atoms with Gasteiger partial charge in [-0.05, 0) is 18.2 Å². The summed E-state index contributed by atoms with van der Waals surface area (Å²) in [4.78, 5) is 10.7. The Balaban J connectivity index is 2.52. The summed E-state index contributed by atoms with van der Waals surface area (Å²) >= 11 is 5.61. The van der Waals surface area contributed by atoms with Crippen LogP contribution in [0.1, 0.15) is 10.5 Å². The maximum Gasteiger partial charge on any atom is 0.356 e. The number of carbonyl (C=O) groups is 1. The minimum atomic E-state index is -1.19. The molecule has 2 aromatic rings. The van der Waals surface area contributed by atoms with Gasteiger partial charge in [0.2, 0.25) is 0 Å². The van der Waals surface area contributed by atoms with Gasteiger partial charge in [0.05, 0.1) is 10.7 Å². The summed E-state index contributed by atoms with van der Waals surface area (Å²) in [5.74, 6) is -1.63. The quantitative estimate of drug-likeness (QED) is 0.859. The molecule has 0 aliphatic rings. The lowest BCUT2D eigenvalue weighted by atomic mass is 10.3. The number of hydrogen-bond donors (Lipinski definition) is 2. The second-order valence-corrected chi connectivity index (χ2v) is 3.68. The molecule has 0 bridgehead atoms. The summed E-state index contributed by atoms with van der Waals surface area (Å²) < 4.78 is 14.1. The van der Waals surface area contributed by atoms with Crippen molar-refractivity contribution in [2.45, 2.75) is 0 Å². The van der Waals surface area contributed by atoms with Crippen molar-refractivity contribution in [1.82, 2.24) is 9.78 Å². The van der Waals surface area contributed by atoms with Crippen LogP contribution in [0.5, 0.6) is 0 Å². The first-order chi connectivity index (χ1) is 7.99. The van der Waals surface area contributed by atoms with Crippen molar-refractivity contribution in [1.29, 1.82) is 0 Å². The van der Waals surface area contributed by atoms with Crippen LogP contribution in [0.15, 0.2) is 24.3 Å². The molecule has 5 nitrogen and oxygen atoms in total. The van der Waals surface area contributed by atoms with E-state index >= 15 is 0 Å². The molecule has 0 fully saturated rings. The molecule has 0 radical (unpaired) electrons. The molecule has 0 spiro atoms. The van der Waals surface area contributed by atoms with Gasteiger partial charge >= 0.3 is 5.97 Å². The lowest BCUT2D eigenvalue weighted by Gasteiger charge is -2.04. The summed E-state index contributed by atoms with van der Waals surface area (Å²) in [6.07, 6.45) is 0. The number of aromatic carboxylic acids is 1. The van der Waals surface area contributed by atoms with Crippen LogP contribution in [0.25, 0.3) is 5.69 Å². The number of aromatic nitrogens is 2. The first-order valence-corrected chi connectivity index (χ1v) is 4.91. The largest absolute Gasteiger partial charge is 0.476 e. The molecule has 0 saturated heterocycles. The van der Waals surface area contributed by atoms with Crippen LogP contribution >= 0.6 is 11.6 Å². The van der Waals surface area contributed by atoms with E-state index in [-0.39, 0.29) is 16.5 Å². The van der Waals surface area contributed by atoms with Crippen molar-refractivity contribution in [2.75, 3.05) is 5.73 Å². The number of nitrogens with zero attached hydrogens (tertiary/aromatic N) is 2. The highest BCUT2D eigenvalue weighted by atomic mass is 35.5. The highest BCUT2D eigenvalue weighted by Crippen LogP contribution is 2.21. The number of carboxylic acids is 1. The lowest BCUT2D eigenvalue weighted by molar-refractivity contribution is 0.0690. The fourth-order valence-corrected chi connectivity index (χ4v) is 1.50. The lowest BCUT2D eigenvalue weighted by Crippen LogP contribution is -2.03. The van der Waals surface area contributed by atoms with E-state index in [4.69, 9.17) is 22.4 Å². The number of halogens is 2. The van der Waals surface area contributed by atoms with Crippen LogP contribution in [0.4, 0.5) is 10.2 Å². The van der Waals surface area contributed by atoms with Gasteiger partial charge in [0, 0.05) is 6.07 Å². The second kappa shape index (κ2) is 4.06. The molecule has 88 valence electrons. The Labute approximate surface area is 100 Å². The zero-order chi connectivity index (χ0) is 12.6. The summed E-state index contributed by atoms with van der Waals surface area (Å²) in [5.41, 5.74) is 5.80. The highest BCUT2D eigenvalue weighted by Gasteiger charge is 2.13. The standard InChI is InChI=1S/C10H7ClFN3O2/c11-6-3-5(1-2-7(6)12)15-9(13)4-8(14-15)10(16)17/h1-4H,13H2,(H,16,17). The molecule has 1 aromatic heterocycles. The third-order valence-corrected chi connectivity index (χ3v) is 2.39. The minimum Gasteiger partial charge on any atom is -0.476 e. The molecule has 7 heteroatoms. The van der Waals surface area contributed by atoms with Gasteiger partial charge in [0.15, 0.2) is 5.69 Å². The molecule has 2 rings (SSSR count). The zero-order valence-corrected chi connectivity index (χ0v) is 9.15. The number of nitrogens with two attached hydrogens (primary N) is 1. The van der Waals surface area contributed by atoms with Crippen LogP contribution in [0.2, 0.25) is 5.02 Å². The molecule has 1 aromatic carbocycles. The van der Waals surface area contributed by atoms with Crippen LogP contribution in [0, 0.1) is 5.82 Å². The number of carboxylic acid groups (broad SMARTS) is 1. The summed E-state index contributed by atoms with van der Waals surface area (Å²) in [5, 5.41) is 12.4. The van der Waals surface area contributed by atoms with Crippen LogP contribution in [0.3, 0.4) is 0 Å². The van der Waals surface area contributed by atoms with E-state index in [0.717, 1.165) is 6.07 Å². The van der Waals surface area contributed by atoms with Crippen LogP contribution < -0.4 is 5.73 Å². The van der Waals surface area contributed by atoms with E-state index in [1.54, 1.807) is 0 Å². The molecule has 0 atom stereocenters.